The van der Waals surface area contributed by atoms with E-state index >= 15 is 0 Å². The van der Waals surface area contributed by atoms with Gasteiger partial charge in [0.1, 0.15) is 6.26 Å². The molecule has 2 rings (SSSR count). The molecule has 0 radical (unpaired) electrons. The van der Waals surface area contributed by atoms with Crippen LogP contribution < -0.4 is 10.6 Å². The van der Waals surface area contributed by atoms with Crippen LogP contribution in [0.4, 0.5) is 10.5 Å². The van der Waals surface area contributed by atoms with Gasteiger partial charge >= 0.3 is 6.03 Å². The van der Waals surface area contributed by atoms with Crippen LogP contribution in [0, 0.1) is 6.92 Å². The fraction of sp³-hybridized carbons (Fsp3) is 0.167. The first-order valence-corrected chi connectivity index (χ1v) is 5.73. The highest BCUT2D eigenvalue weighted by Gasteiger charge is 2.04. The molecule has 0 spiro atoms. The van der Waals surface area contributed by atoms with Crippen molar-refractivity contribution in [1.29, 1.82) is 0 Å². The number of nitrogens with one attached hydrogen (secondary N) is 2. The molecule has 0 bridgehead atoms. The average Bonchev–Trinajstić information content (AvgIpc) is 2.73. The molecule has 0 atom stereocenters. The molecule has 0 aliphatic carbocycles. The number of aryl methyl sites for hydroxylation is 1. The topological polar surface area (TPSA) is 67.2 Å². The van der Waals surface area contributed by atoms with Crippen LogP contribution in [-0.2, 0) is 6.54 Å². The highest BCUT2D eigenvalue weighted by Crippen LogP contribution is 2.14. The molecule has 5 nitrogen and oxygen atoms in total. The van der Waals surface area contributed by atoms with E-state index < -0.39 is 0 Å². The van der Waals surface area contributed by atoms with Gasteiger partial charge in [0, 0.05) is 17.6 Å². The van der Waals surface area contributed by atoms with E-state index in [1.807, 2.05) is 0 Å². The van der Waals surface area contributed by atoms with Crippen molar-refractivity contribution in [2.45, 2.75) is 13.5 Å². The van der Waals surface area contributed by atoms with Gasteiger partial charge in [-0.15, -0.1) is 0 Å². The van der Waals surface area contributed by atoms with Gasteiger partial charge in [0.2, 0.25) is 0 Å². The Bertz CT molecular complexity index is 554. The van der Waals surface area contributed by atoms with E-state index in [2.05, 4.69) is 15.6 Å². The smallest absolute Gasteiger partial charge is 0.319 e. The predicted molar refractivity (Wildman–Crippen MR) is 68.6 cm³/mol. The van der Waals surface area contributed by atoms with E-state index in [-0.39, 0.29) is 6.03 Å². The largest absolute Gasteiger partial charge is 0.449 e. The molecule has 0 aliphatic heterocycles. The maximum absolute atomic E-state index is 11.6. The zero-order chi connectivity index (χ0) is 13.0. The maximum atomic E-state index is 11.6. The van der Waals surface area contributed by atoms with Crippen molar-refractivity contribution in [2.75, 3.05) is 5.32 Å². The Morgan fingerprint density at radius 3 is 3.00 bits per heavy atom. The highest BCUT2D eigenvalue weighted by atomic mass is 35.5. The van der Waals surface area contributed by atoms with Crippen LogP contribution in [0.5, 0.6) is 0 Å². The van der Waals surface area contributed by atoms with Gasteiger partial charge < -0.3 is 15.1 Å². The summed E-state index contributed by atoms with van der Waals surface area (Å²) in [5.41, 5.74) is 1.31. The minimum Gasteiger partial charge on any atom is -0.449 e. The molecule has 1 aromatic heterocycles. The van der Waals surface area contributed by atoms with Gasteiger partial charge in [-0.3, -0.25) is 0 Å². The first-order valence-electron chi connectivity index (χ1n) is 5.35. The zero-order valence-corrected chi connectivity index (χ0v) is 10.5. The molecule has 18 heavy (non-hydrogen) atoms. The molecule has 0 unspecified atom stereocenters. The SMILES string of the molecule is Cc1nc(CNC(=O)Nc2cccc(Cl)c2)co1. The number of halogens is 1. The van der Waals surface area contributed by atoms with E-state index in [9.17, 15) is 4.79 Å². The van der Waals surface area contributed by atoms with Crippen molar-refractivity contribution in [3.05, 3.63) is 47.1 Å². The van der Waals surface area contributed by atoms with Crippen LogP contribution >= 0.6 is 11.6 Å². The second-order valence-corrected chi connectivity index (χ2v) is 4.11. The zero-order valence-electron chi connectivity index (χ0n) is 9.74. The highest BCUT2D eigenvalue weighted by molar-refractivity contribution is 6.30. The molecule has 0 fully saturated rings. The molecule has 2 amide bonds. The summed E-state index contributed by atoms with van der Waals surface area (Å²) in [5.74, 6) is 0.571. The van der Waals surface area contributed by atoms with Gasteiger partial charge in [0.05, 0.1) is 12.2 Å². The van der Waals surface area contributed by atoms with Crippen LogP contribution in [0.1, 0.15) is 11.6 Å². The molecule has 0 saturated carbocycles. The summed E-state index contributed by atoms with van der Waals surface area (Å²) in [5, 5.41) is 5.90. The Kier molecular flexibility index (Phi) is 3.84. The fourth-order valence-corrected chi connectivity index (χ4v) is 1.59. The van der Waals surface area contributed by atoms with Crippen molar-refractivity contribution in [3.63, 3.8) is 0 Å². The summed E-state index contributed by atoms with van der Waals surface area (Å²) in [6.07, 6.45) is 1.51. The molecule has 0 saturated heterocycles. The number of anilines is 1. The van der Waals surface area contributed by atoms with Crippen LogP contribution in [0.3, 0.4) is 0 Å². The number of rotatable bonds is 3. The summed E-state index contributed by atoms with van der Waals surface area (Å²) in [6.45, 7) is 2.05. The quantitative estimate of drug-likeness (QED) is 0.897. The first kappa shape index (κ1) is 12.4. The van der Waals surface area contributed by atoms with Gasteiger partial charge in [-0.2, -0.15) is 0 Å². The number of amides is 2. The Morgan fingerprint density at radius 2 is 2.33 bits per heavy atom. The Hall–Kier alpha value is -2.01. The summed E-state index contributed by atoms with van der Waals surface area (Å²) >= 11 is 5.81. The normalized spacial score (nSPS) is 10.1. The lowest BCUT2D eigenvalue weighted by molar-refractivity contribution is 0.251. The first-order chi connectivity index (χ1) is 8.63. The molecule has 94 valence electrons. The molecule has 2 N–H and O–H groups in total. The molecule has 0 aliphatic rings. The average molecular weight is 266 g/mol. The molecule has 6 heteroatoms. The monoisotopic (exact) mass is 265 g/mol. The lowest BCUT2D eigenvalue weighted by atomic mass is 10.3. The van der Waals surface area contributed by atoms with Gasteiger partial charge in [-0.1, -0.05) is 17.7 Å². The Balaban J connectivity index is 1.85. The molecular formula is C12H12ClN3O2. The van der Waals surface area contributed by atoms with Crippen molar-refractivity contribution in [2.24, 2.45) is 0 Å². The van der Waals surface area contributed by atoms with Gasteiger partial charge in [0.15, 0.2) is 5.89 Å². The number of aromatic nitrogens is 1. The number of benzene rings is 1. The molecular weight excluding hydrogens is 254 g/mol. The van der Waals surface area contributed by atoms with Crippen molar-refractivity contribution < 1.29 is 9.21 Å². The minimum atomic E-state index is -0.321. The number of carbonyl (C=O) groups is 1. The van der Waals surface area contributed by atoms with E-state index in [1.54, 1.807) is 31.2 Å². The third kappa shape index (κ3) is 3.49. The van der Waals surface area contributed by atoms with E-state index in [1.165, 1.54) is 6.26 Å². The number of hydrogen-bond acceptors (Lipinski definition) is 3. The summed E-state index contributed by atoms with van der Waals surface area (Å²) in [4.78, 5) is 15.7. The number of hydrogen-bond donors (Lipinski definition) is 2. The number of urea groups is 1. The number of carbonyl (C=O) groups excluding carboxylic acids is 1. The Labute approximate surface area is 109 Å². The van der Waals surface area contributed by atoms with Crippen LogP contribution in [0.2, 0.25) is 5.02 Å². The van der Waals surface area contributed by atoms with E-state index in [0.29, 0.717) is 28.8 Å². The second kappa shape index (κ2) is 5.55. The number of nitrogens with zero attached hydrogens (tertiary/aromatic N) is 1. The third-order valence-electron chi connectivity index (χ3n) is 2.18. The van der Waals surface area contributed by atoms with Gasteiger partial charge in [-0.05, 0) is 18.2 Å². The number of oxazole rings is 1. The summed E-state index contributed by atoms with van der Waals surface area (Å²) < 4.78 is 5.03. The fourth-order valence-electron chi connectivity index (χ4n) is 1.40. The minimum absolute atomic E-state index is 0.309. The summed E-state index contributed by atoms with van der Waals surface area (Å²) in [7, 11) is 0. The van der Waals surface area contributed by atoms with Gasteiger partial charge in [0.25, 0.3) is 0 Å². The van der Waals surface area contributed by atoms with Crippen LogP contribution in [-0.4, -0.2) is 11.0 Å². The van der Waals surface area contributed by atoms with Crippen molar-refractivity contribution in [1.82, 2.24) is 10.3 Å². The summed E-state index contributed by atoms with van der Waals surface area (Å²) in [6, 6.07) is 6.60. The molecule has 1 aromatic carbocycles. The van der Waals surface area contributed by atoms with E-state index in [0.717, 1.165) is 0 Å². The second-order valence-electron chi connectivity index (χ2n) is 3.68. The van der Waals surface area contributed by atoms with Crippen LogP contribution in [0.25, 0.3) is 0 Å². The predicted octanol–water partition coefficient (Wildman–Crippen LogP) is 2.96. The van der Waals surface area contributed by atoms with Crippen molar-refractivity contribution in [3.8, 4) is 0 Å². The standard InChI is InChI=1S/C12H12ClN3O2/c1-8-15-11(7-18-8)6-14-12(17)16-10-4-2-3-9(13)5-10/h2-5,7H,6H2,1H3,(H2,14,16,17). The maximum Gasteiger partial charge on any atom is 0.319 e. The third-order valence-corrected chi connectivity index (χ3v) is 2.41. The van der Waals surface area contributed by atoms with Gasteiger partial charge in [-0.25, -0.2) is 9.78 Å². The molecule has 1 heterocycles. The lowest BCUT2D eigenvalue weighted by Crippen LogP contribution is -2.28. The van der Waals surface area contributed by atoms with Crippen LogP contribution in [0.15, 0.2) is 34.9 Å². The van der Waals surface area contributed by atoms with E-state index in [4.69, 9.17) is 16.0 Å². The molecule has 2 aromatic rings. The lowest BCUT2D eigenvalue weighted by Gasteiger charge is -2.06. The Morgan fingerprint density at radius 1 is 1.50 bits per heavy atom. The van der Waals surface area contributed by atoms with Crippen molar-refractivity contribution >= 4 is 23.3 Å².